The van der Waals surface area contributed by atoms with E-state index in [1.807, 2.05) is 24.9 Å². The molecule has 19 heavy (non-hydrogen) atoms. The molecule has 0 bridgehead atoms. The molecule has 0 aliphatic carbocycles. The Morgan fingerprint density at radius 2 is 2.32 bits per heavy atom. The van der Waals surface area contributed by atoms with Crippen molar-refractivity contribution < 1.29 is 4.42 Å². The summed E-state index contributed by atoms with van der Waals surface area (Å²) in [5.74, 6) is 1.85. The summed E-state index contributed by atoms with van der Waals surface area (Å²) in [5, 5.41) is 12.5. The minimum Gasteiger partial charge on any atom is -0.424 e. The molecule has 0 saturated carbocycles. The van der Waals surface area contributed by atoms with Gasteiger partial charge in [-0.15, -0.1) is 10.2 Å². The fourth-order valence-corrected chi connectivity index (χ4v) is 2.68. The molecular formula is C13H19N5O. The summed E-state index contributed by atoms with van der Waals surface area (Å²) in [6, 6.07) is 2.12. The Labute approximate surface area is 112 Å². The molecule has 1 aliphatic rings. The molecule has 2 aromatic rings. The van der Waals surface area contributed by atoms with Gasteiger partial charge in [-0.05, 0) is 25.5 Å². The lowest BCUT2D eigenvalue weighted by molar-refractivity contribution is 0.181. The van der Waals surface area contributed by atoms with Crippen molar-refractivity contribution in [3.8, 4) is 0 Å². The molecule has 3 heterocycles. The molecule has 102 valence electrons. The average Bonchev–Trinajstić information content (AvgIpc) is 2.99. The summed E-state index contributed by atoms with van der Waals surface area (Å²) >= 11 is 0. The summed E-state index contributed by atoms with van der Waals surface area (Å²) in [6.07, 6.45) is 4.40. The van der Waals surface area contributed by atoms with Gasteiger partial charge in [-0.25, -0.2) is 0 Å². The van der Waals surface area contributed by atoms with Crippen molar-refractivity contribution in [2.24, 2.45) is 7.05 Å². The van der Waals surface area contributed by atoms with Crippen LogP contribution in [-0.2, 0) is 13.6 Å². The first-order chi connectivity index (χ1) is 9.20. The third-order valence-corrected chi connectivity index (χ3v) is 3.58. The quantitative estimate of drug-likeness (QED) is 0.837. The van der Waals surface area contributed by atoms with E-state index in [-0.39, 0.29) is 0 Å². The van der Waals surface area contributed by atoms with E-state index < -0.39 is 0 Å². The first-order valence-corrected chi connectivity index (χ1v) is 6.71. The van der Waals surface area contributed by atoms with E-state index in [2.05, 4.69) is 26.3 Å². The van der Waals surface area contributed by atoms with Crippen LogP contribution in [0.2, 0.25) is 0 Å². The zero-order valence-corrected chi connectivity index (χ0v) is 11.4. The lowest BCUT2D eigenvalue weighted by atomic mass is 9.95. The van der Waals surface area contributed by atoms with E-state index in [0.717, 1.165) is 19.6 Å². The second-order valence-corrected chi connectivity index (χ2v) is 5.20. The van der Waals surface area contributed by atoms with Crippen LogP contribution >= 0.6 is 0 Å². The predicted octanol–water partition coefficient (Wildman–Crippen LogP) is 1.49. The maximum Gasteiger partial charge on any atom is 0.230 e. The lowest BCUT2D eigenvalue weighted by Gasteiger charge is -2.30. The number of nitrogens with zero attached hydrogens (tertiary/aromatic N) is 5. The largest absolute Gasteiger partial charge is 0.424 e. The molecule has 6 heteroatoms. The van der Waals surface area contributed by atoms with Crippen LogP contribution in [0.5, 0.6) is 0 Å². The lowest BCUT2D eigenvalue weighted by Crippen LogP contribution is -2.34. The molecule has 1 saturated heterocycles. The number of aryl methyl sites for hydroxylation is 2. The second kappa shape index (κ2) is 5.13. The number of hydrogen-bond acceptors (Lipinski definition) is 5. The maximum atomic E-state index is 5.45. The summed E-state index contributed by atoms with van der Waals surface area (Å²) in [7, 11) is 1.96. The van der Waals surface area contributed by atoms with E-state index in [9.17, 15) is 0 Å². The minimum atomic E-state index is 0.513. The number of rotatable bonds is 3. The van der Waals surface area contributed by atoms with Gasteiger partial charge in [0, 0.05) is 32.6 Å². The van der Waals surface area contributed by atoms with E-state index in [4.69, 9.17) is 4.42 Å². The molecule has 1 unspecified atom stereocenters. The molecule has 2 aromatic heterocycles. The maximum absolute atomic E-state index is 5.45. The van der Waals surface area contributed by atoms with Gasteiger partial charge in [0.05, 0.1) is 12.2 Å². The molecule has 3 rings (SSSR count). The zero-order valence-electron chi connectivity index (χ0n) is 11.4. The highest BCUT2D eigenvalue weighted by molar-refractivity contribution is 5.08. The highest BCUT2D eigenvalue weighted by atomic mass is 16.4. The Balaban J connectivity index is 1.64. The number of piperidine rings is 1. The SMILES string of the molecule is Cc1nnc(CN2CCCC(c3ccn(C)n3)C2)o1. The summed E-state index contributed by atoms with van der Waals surface area (Å²) in [5.41, 5.74) is 1.19. The molecule has 1 aliphatic heterocycles. The van der Waals surface area contributed by atoms with Crippen LogP contribution in [0.25, 0.3) is 0 Å². The average molecular weight is 261 g/mol. The second-order valence-electron chi connectivity index (χ2n) is 5.20. The minimum absolute atomic E-state index is 0.513. The molecule has 6 nitrogen and oxygen atoms in total. The van der Waals surface area contributed by atoms with Crippen molar-refractivity contribution in [3.05, 3.63) is 29.7 Å². The van der Waals surface area contributed by atoms with Crippen LogP contribution in [0.15, 0.2) is 16.7 Å². The Hall–Kier alpha value is -1.69. The third kappa shape index (κ3) is 2.84. The molecule has 0 radical (unpaired) electrons. The van der Waals surface area contributed by atoms with E-state index in [1.165, 1.54) is 18.5 Å². The van der Waals surface area contributed by atoms with Crippen LogP contribution < -0.4 is 0 Å². The van der Waals surface area contributed by atoms with Gasteiger partial charge >= 0.3 is 0 Å². The van der Waals surface area contributed by atoms with E-state index in [0.29, 0.717) is 17.7 Å². The standard InChI is InChI=1S/C13H19N5O/c1-10-14-15-13(19-10)9-18-6-3-4-11(8-18)12-5-7-17(2)16-12/h5,7,11H,3-4,6,8-9H2,1-2H3. The molecular weight excluding hydrogens is 242 g/mol. The molecule has 0 amide bonds. The third-order valence-electron chi connectivity index (χ3n) is 3.58. The molecule has 0 spiro atoms. The predicted molar refractivity (Wildman–Crippen MR) is 69.5 cm³/mol. The topological polar surface area (TPSA) is 60.0 Å². The van der Waals surface area contributed by atoms with Gasteiger partial charge in [0.2, 0.25) is 11.8 Å². The van der Waals surface area contributed by atoms with Crippen LogP contribution in [0.1, 0.15) is 36.2 Å². The van der Waals surface area contributed by atoms with Gasteiger partial charge in [0.1, 0.15) is 0 Å². The van der Waals surface area contributed by atoms with E-state index in [1.54, 1.807) is 0 Å². The van der Waals surface area contributed by atoms with Gasteiger partial charge in [-0.3, -0.25) is 9.58 Å². The van der Waals surface area contributed by atoms with Crippen LogP contribution in [-0.4, -0.2) is 38.0 Å². The van der Waals surface area contributed by atoms with Gasteiger partial charge < -0.3 is 4.42 Å². The Morgan fingerprint density at radius 3 is 3.00 bits per heavy atom. The first kappa shape index (κ1) is 12.3. The fourth-order valence-electron chi connectivity index (χ4n) is 2.68. The van der Waals surface area contributed by atoms with Crippen molar-refractivity contribution in [3.63, 3.8) is 0 Å². The number of likely N-dealkylation sites (tertiary alicyclic amines) is 1. The van der Waals surface area contributed by atoms with Crippen molar-refractivity contribution in [1.82, 2.24) is 24.9 Å². The van der Waals surface area contributed by atoms with Crippen LogP contribution in [0.4, 0.5) is 0 Å². The van der Waals surface area contributed by atoms with Crippen molar-refractivity contribution in [1.29, 1.82) is 0 Å². The zero-order chi connectivity index (χ0) is 13.2. The molecule has 1 atom stereocenters. The molecule has 1 fully saturated rings. The normalized spacial score (nSPS) is 20.8. The Bertz CT molecular complexity index is 547. The smallest absolute Gasteiger partial charge is 0.230 e. The molecule has 0 aromatic carbocycles. The highest BCUT2D eigenvalue weighted by Gasteiger charge is 2.24. The van der Waals surface area contributed by atoms with Crippen LogP contribution in [0, 0.1) is 6.92 Å². The van der Waals surface area contributed by atoms with E-state index >= 15 is 0 Å². The summed E-state index contributed by atoms with van der Waals surface area (Å²) < 4.78 is 7.32. The van der Waals surface area contributed by atoms with Crippen molar-refractivity contribution in [2.75, 3.05) is 13.1 Å². The monoisotopic (exact) mass is 261 g/mol. The highest BCUT2D eigenvalue weighted by Crippen LogP contribution is 2.26. The summed E-state index contributed by atoms with van der Waals surface area (Å²) in [6.45, 7) is 4.66. The molecule has 0 N–H and O–H groups in total. The Morgan fingerprint density at radius 1 is 1.42 bits per heavy atom. The Kier molecular flexibility index (Phi) is 3.33. The van der Waals surface area contributed by atoms with Gasteiger partial charge in [0.25, 0.3) is 0 Å². The van der Waals surface area contributed by atoms with Gasteiger partial charge in [-0.2, -0.15) is 5.10 Å². The van der Waals surface area contributed by atoms with Crippen molar-refractivity contribution >= 4 is 0 Å². The van der Waals surface area contributed by atoms with Gasteiger partial charge in [-0.1, -0.05) is 0 Å². The number of aromatic nitrogens is 4. The first-order valence-electron chi connectivity index (χ1n) is 6.71. The van der Waals surface area contributed by atoms with Gasteiger partial charge in [0.15, 0.2) is 0 Å². The number of hydrogen-bond donors (Lipinski definition) is 0. The van der Waals surface area contributed by atoms with Crippen LogP contribution in [0.3, 0.4) is 0 Å². The fraction of sp³-hybridized carbons (Fsp3) is 0.615. The summed E-state index contributed by atoms with van der Waals surface area (Å²) in [4.78, 5) is 2.37. The van der Waals surface area contributed by atoms with Crippen molar-refractivity contribution in [2.45, 2.75) is 32.2 Å².